The van der Waals surface area contributed by atoms with Crippen LogP contribution in [0.25, 0.3) is 11.4 Å². The molecule has 1 fully saturated rings. The van der Waals surface area contributed by atoms with Gasteiger partial charge in [0, 0.05) is 42.2 Å². The number of amides is 1. The normalized spacial score (nSPS) is 14.9. The van der Waals surface area contributed by atoms with Crippen LogP contribution in [0.1, 0.15) is 21.8 Å². The number of hydrogen-bond acceptors (Lipinski definition) is 6. The molecule has 0 atom stereocenters. The van der Waals surface area contributed by atoms with Crippen molar-refractivity contribution in [2.24, 2.45) is 0 Å². The molecule has 6 nitrogen and oxygen atoms in total. The molecule has 3 aromatic rings. The maximum absolute atomic E-state index is 12.7. The summed E-state index contributed by atoms with van der Waals surface area (Å²) in [6, 6.07) is 14.3. The van der Waals surface area contributed by atoms with Crippen LogP contribution in [-0.4, -0.2) is 57.8 Å². The Bertz CT molecular complexity index is 1020. The summed E-state index contributed by atoms with van der Waals surface area (Å²) in [6.45, 7) is 5.08. The van der Waals surface area contributed by atoms with Crippen molar-refractivity contribution in [2.75, 3.05) is 26.2 Å². The summed E-state index contributed by atoms with van der Waals surface area (Å²) >= 11 is 0.472. The van der Waals surface area contributed by atoms with Crippen molar-refractivity contribution < 1.29 is 18.1 Å². The molecule has 4 rings (SSSR count). The molecule has 0 unspecified atom stereocenters. The average Bonchev–Trinajstić information content (AvgIpc) is 3.23. The van der Waals surface area contributed by atoms with Crippen LogP contribution in [-0.2, 0) is 6.54 Å². The summed E-state index contributed by atoms with van der Waals surface area (Å²) in [7, 11) is 0. The van der Waals surface area contributed by atoms with Gasteiger partial charge in [-0.1, -0.05) is 46.7 Å². The number of benzene rings is 2. The number of thioether (sulfide) groups is 1. The van der Waals surface area contributed by atoms with Crippen molar-refractivity contribution in [1.29, 1.82) is 0 Å². The molecule has 0 spiro atoms. The number of nitrogens with zero attached hydrogens (tertiary/aromatic N) is 4. The summed E-state index contributed by atoms with van der Waals surface area (Å²) in [6.07, 6.45) is 0. The predicted octanol–water partition coefficient (Wildman–Crippen LogP) is 4.32. The molecule has 1 aliphatic rings. The minimum atomic E-state index is -2.47. The molecule has 31 heavy (non-hydrogen) atoms. The second kappa shape index (κ2) is 9.57. The first-order chi connectivity index (χ1) is 15.0. The largest absolute Gasteiger partial charge is 0.338 e. The summed E-state index contributed by atoms with van der Waals surface area (Å²) in [5.41, 5.74) is 2.59. The number of alkyl halides is 2. The van der Waals surface area contributed by atoms with E-state index in [9.17, 15) is 13.6 Å². The molecule has 9 heteroatoms. The fourth-order valence-corrected chi connectivity index (χ4v) is 3.90. The number of carbonyl (C=O) groups excluding carboxylic acids is 1. The number of aryl methyl sites for hydroxylation is 1. The molecule has 1 aromatic heterocycles. The smallest absolute Gasteiger partial charge is 0.288 e. The maximum atomic E-state index is 12.7. The van der Waals surface area contributed by atoms with Gasteiger partial charge in [-0.2, -0.15) is 13.8 Å². The Morgan fingerprint density at radius 2 is 1.74 bits per heavy atom. The number of hydrogen-bond donors (Lipinski definition) is 0. The Morgan fingerprint density at radius 1 is 1.06 bits per heavy atom. The zero-order chi connectivity index (χ0) is 21.8. The molecular formula is C22H22F2N4O2S. The fourth-order valence-electron chi connectivity index (χ4n) is 3.40. The highest BCUT2D eigenvalue weighted by Crippen LogP contribution is 2.25. The van der Waals surface area contributed by atoms with Crippen LogP contribution in [0.2, 0.25) is 0 Å². The topological polar surface area (TPSA) is 62.5 Å². The van der Waals surface area contributed by atoms with Gasteiger partial charge in [-0.3, -0.25) is 9.69 Å². The number of halogens is 2. The van der Waals surface area contributed by atoms with Crippen LogP contribution in [0.3, 0.4) is 0 Å². The van der Waals surface area contributed by atoms with Gasteiger partial charge in [0.15, 0.2) is 0 Å². The van der Waals surface area contributed by atoms with Crippen molar-refractivity contribution in [2.45, 2.75) is 24.1 Å². The Morgan fingerprint density at radius 3 is 2.39 bits per heavy atom. The first-order valence-corrected chi connectivity index (χ1v) is 10.8. The lowest BCUT2D eigenvalue weighted by Crippen LogP contribution is -2.48. The van der Waals surface area contributed by atoms with E-state index in [1.54, 1.807) is 29.2 Å². The second-order valence-electron chi connectivity index (χ2n) is 7.35. The summed E-state index contributed by atoms with van der Waals surface area (Å²) in [5, 5.41) is 4.06. The van der Waals surface area contributed by atoms with Crippen molar-refractivity contribution in [3.8, 4) is 11.4 Å². The molecule has 2 heterocycles. The van der Waals surface area contributed by atoms with Gasteiger partial charge >= 0.3 is 0 Å². The monoisotopic (exact) mass is 444 g/mol. The average molecular weight is 445 g/mol. The van der Waals surface area contributed by atoms with E-state index in [4.69, 9.17) is 4.52 Å². The molecule has 1 saturated heterocycles. The van der Waals surface area contributed by atoms with Crippen LogP contribution < -0.4 is 0 Å². The molecule has 0 saturated carbocycles. The molecule has 0 aliphatic carbocycles. The van der Waals surface area contributed by atoms with Crippen LogP contribution in [0, 0.1) is 6.92 Å². The Kier molecular flexibility index (Phi) is 6.62. The van der Waals surface area contributed by atoms with E-state index in [1.165, 1.54) is 5.56 Å². The van der Waals surface area contributed by atoms with E-state index in [0.717, 1.165) is 5.56 Å². The maximum Gasteiger partial charge on any atom is 0.288 e. The minimum absolute atomic E-state index is 0.0901. The molecule has 0 N–H and O–H groups in total. The molecule has 0 bridgehead atoms. The van der Waals surface area contributed by atoms with Crippen LogP contribution in [0.15, 0.2) is 57.9 Å². The third kappa shape index (κ3) is 5.48. The standard InChI is InChI=1S/C22H22F2N4O2S/c1-15-2-4-16(5-3-15)20-25-19(30-26-20)14-27-10-12-28(13-11-27)21(29)17-6-8-18(9-7-17)31-22(23)24/h2-9,22H,10-14H2,1H3. The number of aromatic nitrogens is 2. The molecule has 1 aliphatic heterocycles. The molecule has 0 radical (unpaired) electrons. The zero-order valence-electron chi connectivity index (χ0n) is 17.0. The summed E-state index contributed by atoms with van der Waals surface area (Å²) in [5.74, 6) is -1.45. The zero-order valence-corrected chi connectivity index (χ0v) is 17.8. The van der Waals surface area contributed by atoms with E-state index >= 15 is 0 Å². The lowest BCUT2D eigenvalue weighted by Gasteiger charge is -2.34. The fraction of sp³-hybridized carbons (Fsp3) is 0.318. The Balaban J connectivity index is 1.30. The molecule has 162 valence electrons. The minimum Gasteiger partial charge on any atom is -0.338 e. The van der Waals surface area contributed by atoms with Crippen molar-refractivity contribution in [3.63, 3.8) is 0 Å². The van der Waals surface area contributed by atoms with Gasteiger partial charge in [-0.05, 0) is 31.2 Å². The van der Waals surface area contributed by atoms with E-state index < -0.39 is 5.76 Å². The summed E-state index contributed by atoms with van der Waals surface area (Å²) in [4.78, 5) is 21.6. The Hall–Kier alpha value is -2.78. The van der Waals surface area contributed by atoms with E-state index in [0.29, 0.717) is 66.7 Å². The van der Waals surface area contributed by atoms with Crippen molar-refractivity contribution >= 4 is 17.7 Å². The van der Waals surface area contributed by atoms with Gasteiger partial charge in [-0.25, -0.2) is 0 Å². The lowest BCUT2D eigenvalue weighted by molar-refractivity contribution is 0.0615. The van der Waals surface area contributed by atoms with Crippen LogP contribution in [0.5, 0.6) is 0 Å². The van der Waals surface area contributed by atoms with E-state index in [1.807, 2.05) is 31.2 Å². The third-order valence-electron chi connectivity index (χ3n) is 5.12. The van der Waals surface area contributed by atoms with Crippen LogP contribution >= 0.6 is 11.8 Å². The quantitative estimate of drug-likeness (QED) is 0.528. The predicted molar refractivity (Wildman–Crippen MR) is 114 cm³/mol. The first-order valence-electron chi connectivity index (χ1n) is 9.94. The van der Waals surface area contributed by atoms with Gasteiger partial charge in [0.2, 0.25) is 11.7 Å². The van der Waals surface area contributed by atoms with Gasteiger partial charge in [0.1, 0.15) is 0 Å². The van der Waals surface area contributed by atoms with Crippen LogP contribution in [0.4, 0.5) is 8.78 Å². The molecular weight excluding hydrogens is 422 g/mol. The summed E-state index contributed by atoms with van der Waals surface area (Å²) < 4.78 is 30.3. The third-order valence-corrected chi connectivity index (χ3v) is 5.85. The highest BCUT2D eigenvalue weighted by Gasteiger charge is 2.23. The van der Waals surface area contributed by atoms with Gasteiger partial charge in [0.25, 0.3) is 11.7 Å². The van der Waals surface area contributed by atoms with Crippen molar-refractivity contribution in [3.05, 3.63) is 65.5 Å². The highest BCUT2D eigenvalue weighted by atomic mass is 32.2. The first kappa shape index (κ1) is 21.5. The van der Waals surface area contributed by atoms with E-state index in [-0.39, 0.29) is 5.91 Å². The van der Waals surface area contributed by atoms with Gasteiger partial charge < -0.3 is 9.42 Å². The number of piperazine rings is 1. The molecule has 1 amide bonds. The SMILES string of the molecule is Cc1ccc(-c2noc(CN3CCN(C(=O)c4ccc(SC(F)F)cc4)CC3)n2)cc1. The number of rotatable bonds is 6. The second-order valence-corrected chi connectivity index (χ2v) is 8.41. The Labute approximate surface area is 183 Å². The van der Waals surface area contributed by atoms with Gasteiger partial charge in [0.05, 0.1) is 6.54 Å². The van der Waals surface area contributed by atoms with Crippen molar-refractivity contribution in [1.82, 2.24) is 19.9 Å². The molecule has 2 aromatic carbocycles. The highest BCUT2D eigenvalue weighted by molar-refractivity contribution is 7.99. The van der Waals surface area contributed by atoms with Gasteiger partial charge in [-0.15, -0.1) is 0 Å². The van der Waals surface area contributed by atoms with E-state index in [2.05, 4.69) is 15.0 Å². The lowest BCUT2D eigenvalue weighted by atomic mass is 10.1. The number of carbonyl (C=O) groups is 1.